The molecule has 4 nitrogen and oxygen atoms in total. The number of unbranched alkanes of at least 4 members (excludes halogenated alkanes) is 1. The maximum Gasteiger partial charge on any atom is 0.242 e. The van der Waals surface area contributed by atoms with E-state index < -0.39 is 6.04 Å². The second-order valence-corrected chi connectivity index (χ2v) is 7.31. The Morgan fingerprint density at radius 1 is 1.04 bits per heavy atom. The first kappa shape index (κ1) is 21.7. The monoisotopic (exact) mass is 380 g/mol. The second-order valence-electron chi connectivity index (χ2n) is 7.31. The fraction of sp³-hybridized carbons (Fsp3) is 0.417. The van der Waals surface area contributed by atoms with Crippen LogP contribution in [0.25, 0.3) is 0 Å². The standard InChI is InChI=1S/C24H32N2O2/c1-4-5-15-25-24(28)20(3)26(16-14-21-11-7-6-8-12-21)23(27)18-22-13-9-10-19(2)17-22/h6-13,17,20H,4-5,14-16,18H2,1-3H3,(H,25,28)/t20-/m1/s1. The van der Waals surface area contributed by atoms with Crippen molar-refractivity contribution in [2.45, 2.75) is 52.5 Å². The van der Waals surface area contributed by atoms with E-state index in [-0.39, 0.29) is 11.8 Å². The molecule has 0 aromatic heterocycles. The first-order chi connectivity index (χ1) is 13.5. The van der Waals surface area contributed by atoms with Gasteiger partial charge in [0.2, 0.25) is 11.8 Å². The normalized spacial score (nSPS) is 11.7. The maximum absolute atomic E-state index is 13.1. The number of aryl methyl sites for hydroxylation is 1. The smallest absolute Gasteiger partial charge is 0.242 e. The van der Waals surface area contributed by atoms with Gasteiger partial charge in [0.25, 0.3) is 0 Å². The molecule has 2 rings (SSSR count). The highest BCUT2D eigenvalue weighted by atomic mass is 16.2. The quantitative estimate of drug-likeness (QED) is 0.635. The molecule has 1 atom stereocenters. The van der Waals surface area contributed by atoms with Gasteiger partial charge in [-0.1, -0.05) is 73.5 Å². The largest absolute Gasteiger partial charge is 0.354 e. The highest BCUT2D eigenvalue weighted by Crippen LogP contribution is 2.11. The van der Waals surface area contributed by atoms with Crippen LogP contribution in [0, 0.1) is 6.92 Å². The summed E-state index contributed by atoms with van der Waals surface area (Å²) in [6, 6.07) is 17.6. The van der Waals surface area contributed by atoms with Crippen LogP contribution in [0.4, 0.5) is 0 Å². The van der Waals surface area contributed by atoms with E-state index in [1.165, 1.54) is 0 Å². The molecule has 2 amide bonds. The third kappa shape index (κ3) is 6.84. The van der Waals surface area contributed by atoms with E-state index in [1.54, 1.807) is 4.90 Å². The zero-order chi connectivity index (χ0) is 20.4. The van der Waals surface area contributed by atoms with E-state index in [2.05, 4.69) is 24.4 Å². The summed E-state index contributed by atoms with van der Waals surface area (Å²) in [6.45, 7) is 7.10. The molecule has 0 unspecified atom stereocenters. The van der Waals surface area contributed by atoms with Crippen molar-refractivity contribution in [2.75, 3.05) is 13.1 Å². The Hall–Kier alpha value is -2.62. The summed E-state index contributed by atoms with van der Waals surface area (Å²) in [7, 11) is 0. The van der Waals surface area contributed by atoms with Crippen LogP contribution in [0.5, 0.6) is 0 Å². The maximum atomic E-state index is 13.1. The Bertz CT molecular complexity index is 758. The van der Waals surface area contributed by atoms with Crippen LogP contribution in [-0.4, -0.2) is 35.8 Å². The first-order valence-corrected chi connectivity index (χ1v) is 10.2. The summed E-state index contributed by atoms with van der Waals surface area (Å²) in [6.07, 6.45) is 3.01. The Balaban J connectivity index is 2.09. The molecule has 0 fully saturated rings. The number of amides is 2. The Morgan fingerprint density at radius 2 is 1.75 bits per heavy atom. The lowest BCUT2D eigenvalue weighted by Gasteiger charge is -2.29. The summed E-state index contributed by atoms with van der Waals surface area (Å²) >= 11 is 0. The molecule has 28 heavy (non-hydrogen) atoms. The first-order valence-electron chi connectivity index (χ1n) is 10.2. The molecule has 0 aliphatic carbocycles. The lowest BCUT2D eigenvalue weighted by Crippen LogP contribution is -2.49. The van der Waals surface area contributed by atoms with Gasteiger partial charge in [0.05, 0.1) is 6.42 Å². The number of hydrogen-bond acceptors (Lipinski definition) is 2. The fourth-order valence-electron chi connectivity index (χ4n) is 3.20. The molecule has 0 heterocycles. The third-order valence-corrected chi connectivity index (χ3v) is 4.92. The van der Waals surface area contributed by atoms with E-state index in [9.17, 15) is 9.59 Å². The molecule has 0 saturated carbocycles. The van der Waals surface area contributed by atoms with Crippen molar-refractivity contribution in [2.24, 2.45) is 0 Å². The molecule has 0 spiro atoms. The van der Waals surface area contributed by atoms with E-state index in [0.717, 1.165) is 36.0 Å². The molecule has 1 N–H and O–H groups in total. The van der Waals surface area contributed by atoms with Crippen LogP contribution in [-0.2, 0) is 22.4 Å². The number of nitrogens with zero attached hydrogens (tertiary/aromatic N) is 1. The number of nitrogens with one attached hydrogen (secondary N) is 1. The molecule has 0 aliphatic rings. The van der Waals surface area contributed by atoms with Gasteiger partial charge in [-0.25, -0.2) is 0 Å². The predicted octanol–water partition coefficient (Wildman–Crippen LogP) is 3.91. The Labute approximate surface area is 169 Å². The molecule has 4 heteroatoms. The molecular formula is C24H32N2O2. The SMILES string of the molecule is CCCCNC(=O)[C@@H](C)N(CCc1ccccc1)C(=O)Cc1cccc(C)c1. The van der Waals surface area contributed by atoms with Gasteiger partial charge in [0, 0.05) is 13.1 Å². The highest BCUT2D eigenvalue weighted by Gasteiger charge is 2.25. The molecular weight excluding hydrogens is 348 g/mol. The minimum atomic E-state index is -0.488. The van der Waals surface area contributed by atoms with E-state index >= 15 is 0 Å². The Morgan fingerprint density at radius 3 is 2.43 bits per heavy atom. The molecule has 0 aliphatic heterocycles. The van der Waals surface area contributed by atoms with Gasteiger partial charge < -0.3 is 10.2 Å². The van der Waals surface area contributed by atoms with Gasteiger partial charge in [-0.05, 0) is 37.8 Å². The zero-order valence-electron chi connectivity index (χ0n) is 17.3. The van der Waals surface area contributed by atoms with Crippen molar-refractivity contribution in [3.8, 4) is 0 Å². The van der Waals surface area contributed by atoms with Crippen molar-refractivity contribution in [1.29, 1.82) is 0 Å². The van der Waals surface area contributed by atoms with E-state index in [1.807, 2.05) is 56.3 Å². The van der Waals surface area contributed by atoms with E-state index in [4.69, 9.17) is 0 Å². The highest BCUT2D eigenvalue weighted by molar-refractivity contribution is 5.88. The average molecular weight is 381 g/mol. The fourth-order valence-corrected chi connectivity index (χ4v) is 3.20. The topological polar surface area (TPSA) is 49.4 Å². The van der Waals surface area contributed by atoms with Crippen molar-refractivity contribution >= 4 is 11.8 Å². The van der Waals surface area contributed by atoms with Crippen LogP contribution in [0.1, 0.15) is 43.4 Å². The summed E-state index contributed by atoms with van der Waals surface area (Å²) < 4.78 is 0. The van der Waals surface area contributed by atoms with Crippen molar-refractivity contribution < 1.29 is 9.59 Å². The van der Waals surface area contributed by atoms with Crippen molar-refractivity contribution in [1.82, 2.24) is 10.2 Å². The van der Waals surface area contributed by atoms with Crippen LogP contribution in [0.2, 0.25) is 0 Å². The number of carbonyl (C=O) groups is 2. The Kier molecular flexibility index (Phi) is 8.73. The molecule has 2 aromatic carbocycles. The minimum absolute atomic E-state index is 0.0142. The summed E-state index contributed by atoms with van der Waals surface area (Å²) in [5.41, 5.74) is 3.27. The molecule has 0 bridgehead atoms. The molecule has 0 radical (unpaired) electrons. The lowest BCUT2D eigenvalue weighted by molar-refractivity contribution is -0.139. The van der Waals surface area contributed by atoms with Crippen LogP contribution < -0.4 is 5.32 Å². The number of rotatable bonds is 10. The summed E-state index contributed by atoms with van der Waals surface area (Å²) in [5.74, 6) is -0.0984. The van der Waals surface area contributed by atoms with Gasteiger partial charge in [-0.15, -0.1) is 0 Å². The second kappa shape index (κ2) is 11.3. The molecule has 2 aromatic rings. The number of hydrogen-bond donors (Lipinski definition) is 1. The average Bonchev–Trinajstić information content (AvgIpc) is 2.69. The van der Waals surface area contributed by atoms with Crippen molar-refractivity contribution in [3.05, 3.63) is 71.3 Å². The molecule has 150 valence electrons. The summed E-state index contributed by atoms with van der Waals surface area (Å²) in [5, 5.41) is 2.96. The number of carbonyl (C=O) groups excluding carboxylic acids is 2. The van der Waals surface area contributed by atoms with Gasteiger partial charge in [0.15, 0.2) is 0 Å². The van der Waals surface area contributed by atoms with Gasteiger partial charge in [-0.3, -0.25) is 9.59 Å². The van der Waals surface area contributed by atoms with Gasteiger partial charge in [0.1, 0.15) is 6.04 Å². The van der Waals surface area contributed by atoms with Gasteiger partial charge >= 0.3 is 0 Å². The summed E-state index contributed by atoms with van der Waals surface area (Å²) in [4.78, 5) is 27.4. The lowest BCUT2D eigenvalue weighted by atomic mass is 10.1. The predicted molar refractivity (Wildman–Crippen MR) is 114 cm³/mol. The van der Waals surface area contributed by atoms with E-state index in [0.29, 0.717) is 19.5 Å². The van der Waals surface area contributed by atoms with Crippen LogP contribution >= 0.6 is 0 Å². The van der Waals surface area contributed by atoms with Crippen LogP contribution in [0.15, 0.2) is 54.6 Å². The van der Waals surface area contributed by atoms with Gasteiger partial charge in [-0.2, -0.15) is 0 Å². The number of benzene rings is 2. The minimum Gasteiger partial charge on any atom is -0.354 e. The van der Waals surface area contributed by atoms with Crippen LogP contribution in [0.3, 0.4) is 0 Å². The van der Waals surface area contributed by atoms with Crippen molar-refractivity contribution in [3.63, 3.8) is 0 Å². The third-order valence-electron chi connectivity index (χ3n) is 4.92. The zero-order valence-corrected chi connectivity index (χ0v) is 17.3. The molecule has 0 saturated heterocycles.